The molecule has 0 spiro atoms. The second-order valence-electron chi connectivity index (χ2n) is 7.30. The zero-order chi connectivity index (χ0) is 19.0. The predicted octanol–water partition coefficient (Wildman–Crippen LogP) is 7.06. The highest BCUT2D eigenvalue weighted by atomic mass is 16.5. The van der Waals surface area contributed by atoms with Crippen molar-refractivity contribution in [1.82, 2.24) is 0 Å². The molecule has 0 radical (unpaired) electrons. The number of carbonyl (C=O) groups excluding carboxylic acids is 1. The molecule has 0 saturated carbocycles. The number of ether oxygens (including phenoxy) is 1. The molecule has 0 amide bonds. The molecule has 0 heterocycles. The molecule has 0 fully saturated rings. The van der Waals surface area contributed by atoms with Gasteiger partial charge in [-0.2, -0.15) is 0 Å². The summed E-state index contributed by atoms with van der Waals surface area (Å²) in [6.45, 7) is 2.26. The average Bonchev–Trinajstić information content (AvgIpc) is 2.65. The quantitative estimate of drug-likeness (QED) is 0.253. The Kier molecular flexibility index (Phi) is 12.7. The maximum atomic E-state index is 12.2. The van der Waals surface area contributed by atoms with Crippen molar-refractivity contribution in [3.63, 3.8) is 0 Å². The highest BCUT2D eigenvalue weighted by molar-refractivity contribution is 5.98. The summed E-state index contributed by atoms with van der Waals surface area (Å²) >= 11 is 0. The van der Waals surface area contributed by atoms with Crippen LogP contribution in [0.5, 0.6) is 11.5 Å². The molecule has 0 bridgehead atoms. The number of benzene rings is 1. The van der Waals surface area contributed by atoms with Gasteiger partial charge in [-0.15, -0.1) is 0 Å². The molecule has 148 valence electrons. The Balaban J connectivity index is 1.98. The monoisotopic (exact) mass is 362 g/mol. The van der Waals surface area contributed by atoms with E-state index in [9.17, 15) is 9.90 Å². The molecule has 0 unspecified atom stereocenters. The van der Waals surface area contributed by atoms with Crippen LogP contribution >= 0.6 is 0 Å². The Morgan fingerprint density at radius 3 is 1.81 bits per heavy atom. The summed E-state index contributed by atoms with van der Waals surface area (Å²) in [4.78, 5) is 12.2. The van der Waals surface area contributed by atoms with Crippen LogP contribution in [0.4, 0.5) is 0 Å². The smallest absolute Gasteiger partial charge is 0.166 e. The summed E-state index contributed by atoms with van der Waals surface area (Å²) in [6, 6.07) is 4.87. The van der Waals surface area contributed by atoms with Gasteiger partial charge in [0.2, 0.25) is 0 Å². The third-order valence-electron chi connectivity index (χ3n) is 5.01. The molecule has 3 heteroatoms. The Labute approximate surface area is 160 Å². The number of carbonyl (C=O) groups is 1. The lowest BCUT2D eigenvalue weighted by Gasteiger charge is -2.06. The zero-order valence-electron chi connectivity index (χ0n) is 16.9. The molecule has 0 aliphatic heterocycles. The molecule has 0 saturated heterocycles. The van der Waals surface area contributed by atoms with Crippen molar-refractivity contribution in [1.29, 1.82) is 0 Å². The van der Waals surface area contributed by atoms with E-state index in [0.717, 1.165) is 12.8 Å². The number of hydrogen-bond acceptors (Lipinski definition) is 3. The van der Waals surface area contributed by atoms with E-state index in [4.69, 9.17) is 4.74 Å². The summed E-state index contributed by atoms with van der Waals surface area (Å²) in [5, 5.41) is 9.90. The minimum Gasteiger partial charge on any atom is -0.507 e. The maximum absolute atomic E-state index is 12.2. The van der Waals surface area contributed by atoms with Crippen molar-refractivity contribution in [2.75, 3.05) is 7.11 Å². The minimum atomic E-state index is 0.0176. The summed E-state index contributed by atoms with van der Waals surface area (Å²) in [5.74, 6) is 0.609. The van der Waals surface area contributed by atoms with Crippen LogP contribution in [0.3, 0.4) is 0 Å². The summed E-state index contributed by atoms with van der Waals surface area (Å²) in [6.07, 6.45) is 17.4. The van der Waals surface area contributed by atoms with E-state index in [-0.39, 0.29) is 11.5 Å². The Hall–Kier alpha value is -1.51. The van der Waals surface area contributed by atoms with Gasteiger partial charge in [0.15, 0.2) is 5.78 Å². The first-order valence-corrected chi connectivity index (χ1v) is 10.6. The van der Waals surface area contributed by atoms with E-state index in [0.29, 0.717) is 17.7 Å². The number of rotatable bonds is 16. The Morgan fingerprint density at radius 1 is 0.846 bits per heavy atom. The van der Waals surface area contributed by atoms with Crippen LogP contribution in [0.1, 0.15) is 107 Å². The highest BCUT2D eigenvalue weighted by Crippen LogP contribution is 2.25. The van der Waals surface area contributed by atoms with Crippen molar-refractivity contribution >= 4 is 5.78 Å². The third-order valence-corrected chi connectivity index (χ3v) is 5.01. The van der Waals surface area contributed by atoms with Crippen LogP contribution < -0.4 is 4.74 Å². The van der Waals surface area contributed by atoms with Gasteiger partial charge in [0.1, 0.15) is 11.5 Å². The maximum Gasteiger partial charge on any atom is 0.166 e. The SMILES string of the molecule is CCCCCCCCCCCCCCCC(=O)c1ccc(OC)cc1O. The van der Waals surface area contributed by atoms with Gasteiger partial charge in [0, 0.05) is 12.5 Å². The number of methoxy groups -OCH3 is 1. The number of phenols is 1. The molecule has 1 aromatic carbocycles. The molecule has 0 aliphatic carbocycles. The summed E-state index contributed by atoms with van der Waals surface area (Å²) < 4.78 is 5.04. The van der Waals surface area contributed by atoms with Gasteiger partial charge >= 0.3 is 0 Å². The molecule has 0 aliphatic rings. The fourth-order valence-corrected chi connectivity index (χ4v) is 3.31. The zero-order valence-corrected chi connectivity index (χ0v) is 16.9. The lowest BCUT2D eigenvalue weighted by molar-refractivity contribution is 0.0976. The Morgan fingerprint density at radius 2 is 1.35 bits per heavy atom. The first-order chi connectivity index (χ1) is 12.7. The number of Topliss-reactive ketones (excluding diaryl/α,β-unsaturated/α-hetero) is 1. The molecule has 1 aromatic rings. The molecule has 1 rings (SSSR count). The molecule has 3 nitrogen and oxygen atoms in total. The minimum absolute atomic E-state index is 0.0176. The third kappa shape index (κ3) is 9.84. The Bertz CT molecular complexity index is 496. The fraction of sp³-hybridized carbons (Fsp3) is 0.696. The predicted molar refractivity (Wildman–Crippen MR) is 109 cm³/mol. The molecule has 0 atom stereocenters. The lowest BCUT2D eigenvalue weighted by Crippen LogP contribution is -1.99. The van der Waals surface area contributed by atoms with Crippen LogP contribution in [0.2, 0.25) is 0 Å². The van der Waals surface area contributed by atoms with E-state index in [2.05, 4.69) is 6.92 Å². The number of unbranched alkanes of at least 4 members (excludes halogenated alkanes) is 12. The number of aromatic hydroxyl groups is 1. The normalized spacial score (nSPS) is 10.8. The number of ketones is 1. The van der Waals surface area contributed by atoms with Gasteiger partial charge in [0.25, 0.3) is 0 Å². The standard InChI is InChI=1S/C23H38O3/c1-3-4-5-6-7-8-9-10-11-12-13-14-15-16-22(24)21-18-17-20(26-2)19-23(21)25/h17-19,25H,3-16H2,1-2H3. The van der Waals surface area contributed by atoms with E-state index in [1.807, 2.05) is 0 Å². The van der Waals surface area contributed by atoms with Crippen LogP contribution in [0, 0.1) is 0 Å². The van der Waals surface area contributed by atoms with Crippen LogP contribution in [-0.2, 0) is 0 Å². The van der Waals surface area contributed by atoms with Crippen LogP contribution in [-0.4, -0.2) is 18.0 Å². The van der Waals surface area contributed by atoms with Gasteiger partial charge in [-0.25, -0.2) is 0 Å². The number of hydrogen-bond donors (Lipinski definition) is 1. The van der Waals surface area contributed by atoms with E-state index in [1.54, 1.807) is 19.2 Å². The largest absolute Gasteiger partial charge is 0.507 e. The first-order valence-electron chi connectivity index (χ1n) is 10.6. The van der Waals surface area contributed by atoms with Crippen molar-refractivity contribution in [3.05, 3.63) is 23.8 Å². The van der Waals surface area contributed by atoms with E-state index in [1.165, 1.54) is 76.7 Å². The highest BCUT2D eigenvalue weighted by Gasteiger charge is 2.11. The van der Waals surface area contributed by atoms with E-state index >= 15 is 0 Å². The van der Waals surface area contributed by atoms with Crippen LogP contribution in [0.25, 0.3) is 0 Å². The van der Waals surface area contributed by atoms with Gasteiger partial charge in [-0.05, 0) is 18.6 Å². The van der Waals surface area contributed by atoms with Crippen molar-refractivity contribution in [2.45, 2.75) is 96.8 Å². The van der Waals surface area contributed by atoms with E-state index < -0.39 is 0 Å². The van der Waals surface area contributed by atoms with Gasteiger partial charge < -0.3 is 9.84 Å². The topological polar surface area (TPSA) is 46.5 Å². The molecule has 0 aromatic heterocycles. The first kappa shape index (κ1) is 22.5. The summed E-state index contributed by atoms with van der Waals surface area (Å²) in [7, 11) is 1.55. The second kappa shape index (κ2) is 14.6. The second-order valence-corrected chi connectivity index (χ2v) is 7.30. The van der Waals surface area contributed by atoms with Gasteiger partial charge in [-0.3, -0.25) is 4.79 Å². The van der Waals surface area contributed by atoms with Crippen molar-refractivity contribution < 1.29 is 14.6 Å². The molecular weight excluding hydrogens is 324 g/mol. The van der Waals surface area contributed by atoms with Crippen LogP contribution in [0.15, 0.2) is 18.2 Å². The van der Waals surface area contributed by atoms with Crippen molar-refractivity contribution in [2.24, 2.45) is 0 Å². The molecule has 1 N–H and O–H groups in total. The molecular formula is C23H38O3. The summed E-state index contributed by atoms with van der Waals surface area (Å²) in [5.41, 5.74) is 0.407. The van der Waals surface area contributed by atoms with Crippen molar-refractivity contribution in [3.8, 4) is 11.5 Å². The fourth-order valence-electron chi connectivity index (χ4n) is 3.31. The van der Waals surface area contributed by atoms with Gasteiger partial charge in [0.05, 0.1) is 12.7 Å². The molecule has 26 heavy (non-hydrogen) atoms. The number of phenolic OH excluding ortho intramolecular Hbond substituents is 1. The lowest BCUT2D eigenvalue weighted by atomic mass is 10.0. The average molecular weight is 363 g/mol. The van der Waals surface area contributed by atoms with Gasteiger partial charge in [-0.1, -0.05) is 84.0 Å².